The molecule has 2 nitrogen and oxygen atoms in total. The zero-order chi connectivity index (χ0) is 12.9. The first-order chi connectivity index (χ1) is 8.11. The van der Waals surface area contributed by atoms with E-state index in [0.29, 0.717) is 0 Å². The number of benzene rings is 1. The zero-order valence-electron chi connectivity index (χ0n) is 10.4. The Bertz CT molecular complexity index is 364. The van der Waals surface area contributed by atoms with Crippen molar-refractivity contribution in [1.29, 1.82) is 0 Å². The van der Waals surface area contributed by atoms with E-state index < -0.39 is 6.29 Å². The number of alkyl halides is 2. The third-order valence-corrected chi connectivity index (χ3v) is 2.28. The Morgan fingerprint density at radius 1 is 1.12 bits per heavy atom. The lowest BCUT2D eigenvalue weighted by atomic mass is 10.1. The van der Waals surface area contributed by atoms with Crippen molar-refractivity contribution in [3.05, 3.63) is 23.8 Å². The lowest BCUT2D eigenvalue weighted by molar-refractivity contribution is -0.286. The van der Waals surface area contributed by atoms with Gasteiger partial charge in [-0.2, -0.15) is 0 Å². The maximum atomic E-state index is 12.7. The molecule has 4 heteroatoms. The molecule has 1 aromatic rings. The lowest BCUT2D eigenvalue weighted by Gasteiger charge is -2.04. The Kier molecular flexibility index (Phi) is 4.73. The van der Waals surface area contributed by atoms with Gasteiger partial charge in [0.15, 0.2) is 11.5 Å². The van der Waals surface area contributed by atoms with Gasteiger partial charge in [-0.25, -0.2) is 0 Å². The van der Waals surface area contributed by atoms with Gasteiger partial charge in [0.2, 0.25) is 0 Å². The van der Waals surface area contributed by atoms with Gasteiger partial charge in [-0.1, -0.05) is 33.3 Å². The lowest BCUT2D eigenvalue weighted by Crippen LogP contribution is -2.25. The Balaban J connectivity index is 0.000000686. The molecular weight excluding hydrogens is 226 g/mol. The highest BCUT2D eigenvalue weighted by atomic mass is 19.3. The summed E-state index contributed by atoms with van der Waals surface area (Å²) in [5.74, 6) is 0.244. The van der Waals surface area contributed by atoms with Gasteiger partial charge in [-0.3, -0.25) is 0 Å². The van der Waals surface area contributed by atoms with Crippen LogP contribution in [0.4, 0.5) is 8.78 Å². The van der Waals surface area contributed by atoms with Crippen molar-refractivity contribution in [1.82, 2.24) is 0 Å². The van der Waals surface area contributed by atoms with Gasteiger partial charge in [0.05, 0.1) is 0 Å². The molecule has 17 heavy (non-hydrogen) atoms. The van der Waals surface area contributed by atoms with Crippen LogP contribution in [-0.2, 0) is 6.42 Å². The van der Waals surface area contributed by atoms with Gasteiger partial charge >= 0.3 is 6.29 Å². The van der Waals surface area contributed by atoms with E-state index in [1.165, 1.54) is 6.07 Å². The fourth-order valence-corrected chi connectivity index (χ4v) is 1.53. The van der Waals surface area contributed by atoms with E-state index in [1.807, 2.05) is 13.8 Å². The average Bonchev–Trinajstić information content (AvgIpc) is 2.62. The molecule has 0 fully saturated rings. The van der Waals surface area contributed by atoms with Crippen LogP contribution in [0.1, 0.15) is 39.2 Å². The van der Waals surface area contributed by atoms with Crippen molar-refractivity contribution in [2.24, 2.45) is 0 Å². The second-order valence-electron chi connectivity index (χ2n) is 3.55. The summed E-state index contributed by atoms with van der Waals surface area (Å²) in [5, 5.41) is 0. The van der Waals surface area contributed by atoms with Crippen LogP contribution in [0.2, 0.25) is 0 Å². The first-order valence-electron chi connectivity index (χ1n) is 5.99. The third kappa shape index (κ3) is 3.58. The molecule has 1 heterocycles. The standard InChI is InChI=1S/C11H12F2O2.C2H6/c1-2-3-4-8-5-6-9-10(7-8)15-11(12,13)14-9;1-2/h5-7H,2-4H2,1H3;1-2H3. The number of hydrogen-bond acceptors (Lipinski definition) is 2. The van der Waals surface area contributed by atoms with Crippen molar-refractivity contribution in [2.45, 2.75) is 46.3 Å². The molecule has 0 aromatic heterocycles. The molecule has 2 rings (SSSR count). The Labute approximate surface area is 101 Å². The van der Waals surface area contributed by atoms with E-state index in [9.17, 15) is 8.78 Å². The topological polar surface area (TPSA) is 18.5 Å². The molecule has 96 valence electrons. The van der Waals surface area contributed by atoms with E-state index in [0.717, 1.165) is 24.8 Å². The van der Waals surface area contributed by atoms with E-state index in [-0.39, 0.29) is 11.5 Å². The molecule has 1 aliphatic rings. The molecule has 0 amide bonds. The summed E-state index contributed by atoms with van der Waals surface area (Å²) in [6.45, 7) is 6.08. The number of rotatable bonds is 3. The molecule has 1 aliphatic heterocycles. The molecule has 0 saturated carbocycles. The number of unbranched alkanes of at least 4 members (excludes halogenated alkanes) is 1. The summed E-state index contributed by atoms with van der Waals surface area (Å²) in [6.07, 6.45) is -0.523. The summed E-state index contributed by atoms with van der Waals surface area (Å²) in [7, 11) is 0. The largest absolute Gasteiger partial charge is 0.586 e. The van der Waals surface area contributed by atoms with E-state index >= 15 is 0 Å². The zero-order valence-corrected chi connectivity index (χ0v) is 10.4. The minimum Gasteiger partial charge on any atom is -0.395 e. The van der Waals surface area contributed by atoms with Gasteiger partial charge in [-0.15, -0.1) is 8.78 Å². The second kappa shape index (κ2) is 5.84. The number of aryl methyl sites for hydroxylation is 1. The van der Waals surface area contributed by atoms with Crippen molar-refractivity contribution in [3.8, 4) is 11.5 Å². The van der Waals surface area contributed by atoms with Crippen LogP contribution in [0, 0.1) is 0 Å². The van der Waals surface area contributed by atoms with Crippen molar-refractivity contribution < 1.29 is 18.3 Å². The van der Waals surface area contributed by atoms with Gasteiger partial charge in [0.25, 0.3) is 0 Å². The summed E-state index contributed by atoms with van der Waals surface area (Å²) in [6, 6.07) is 4.94. The highest BCUT2D eigenvalue weighted by Crippen LogP contribution is 2.41. The van der Waals surface area contributed by atoms with Crippen molar-refractivity contribution >= 4 is 0 Å². The van der Waals surface area contributed by atoms with Crippen LogP contribution in [0.3, 0.4) is 0 Å². The highest BCUT2D eigenvalue weighted by Gasteiger charge is 2.43. The number of fused-ring (bicyclic) bond motifs is 1. The fourth-order valence-electron chi connectivity index (χ4n) is 1.53. The SMILES string of the molecule is CC.CCCCc1ccc2c(c1)OC(F)(F)O2. The quantitative estimate of drug-likeness (QED) is 0.785. The molecule has 0 N–H and O–H groups in total. The predicted molar refractivity (Wildman–Crippen MR) is 62.6 cm³/mol. The summed E-state index contributed by atoms with van der Waals surface area (Å²) in [4.78, 5) is 0. The van der Waals surface area contributed by atoms with Crippen LogP contribution < -0.4 is 9.47 Å². The van der Waals surface area contributed by atoms with Gasteiger partial charge < -0.3 is 9.47 Å². The molecule has 0 atom stereocenters. The molecule has 0 radical (unpaired) electrons. The molecule has 0 aliphatic carbocycles. The maximum Gasteiger partial charge on any atom is 0.586 e. The predicted octanol–water partition coefficient (Wildman–Crippen LogP) is 4.38. The Hall–Kier alpha value is -1.32. The molecule has 0 bridgehead atoms. The summed E-state index contributed by atoms with van der Waals surface area (Å²) >= 11 is 0. The monoisotopic (exact) mass is 244 g/mol. The van der Waals surface area contributed by atoms with Crippen LogP contribution in [0.15, 0.2) is 18.2 Å². The van der Waals surface area contributed by atoms with Gasteiger partial charge in [0, 0.05) is 0 Å². The minimum absolute atomic E-state index is 0.111. The molecule has 0 unspecified atom stereocenters. The average molecular weight is 244 g/mol. The minimum atomic E-state index is -3.51. The van der Waals surface area contributed by atoms with Crippen LogP contribution in [0.5, 0.6) is 11.5 Å². The smallest absolute Gasteiger partial charge is 0.395 e. The fraction of sp³-hybridized carbons (Fsp3) is 0.538. The third-order valence-electron chi connectivity index (χ3n) is 2.28. The van der Waals surface area contributed by atoms with E-state index in [4.69, 9.17) is 0 Å². The first kappa shape index (κ1) is 13.7. The Morgan fingerprint density at radius 2 is 1.76 bits per heavy atom. The van der Waals surface area contributed by atoms with E-state index in [1.54, 1.807) is 12.1 Å². The van der Waals surface area contributed by atoms with Crippen LogP contribution >= 0.6 is 0 Å². The molecule has 1 aromatic carbocycles. The number of halogens is 2. The van der Waals surface area contributed by atoms with Gasteiger partial charge in [0.1, 0.15) is 0 Å². The molecule has 0 saturated heterocycles. The maximum absolute atomic E-state index is 12.7. The normalized spacial score (nSPS) is 15.1. The van der Waals surface area contributed by atoms with Crippen LogP contribution in [0.25, 0.3) is 0 Å². The van der Waals surface area contributed by atoms with Crippen molar-refractivity contribution in [2.75, 3.05) is 0 Å². The van der Waals surface area contributed by atoms with Gasteiger partial charge in [-0.05, 0) is 30.5 Å². The highest BCUT2D eigenvalue weighted by molar-refractivity contribution is 5.45. The molecular formula is C13H18F2O2. The van der Waals surface area contributed by atoms with E-state index in [2.05, 4.69) is 16.4 Å². The van der Waals surface area contributed by atoms with Crippen LogP contribution in [-0.4, -0.2) is 6.29 Å². The second-order valence-corrected chi connectivity index (χ2v) is 3.55. The summed E-state index contributed by atoms with van der Waals surface area (Å²) in [5.41, 5.74) is 0.997. The first-order valence-corrected chi connectivity index (χ1v) is 5.99. The summed E-state index contributed by atoms with van der Waals surface area (Å²) < 4.78 is 34.0. The number of ether oxygens (including phenoxy) is 2. The Morgan fingerprint density at radius 3 is 2.41 bits per heavy atom. The van der Waals surface area contributed by atoms with Crippen molar-refractivity contribution in [3.63, 3.8) is 0 Å². The molecule has 0 spiro atoms. The number of hydrogen-bond donors (Lipinski definition) is 0.